The van der Waals surface area contributed by atoms with Gasteiger partial charge in [-0.05, 0) is 31.2 Å². The number of nitrogens with zero attached hydrogens (tertiary/aromatic N) is 4. The normalized spacial score (nSPS) is 15.4. The van der Waals surface area contributed by atoms with E-state index >= 15 is 0 Å². The standard InChI is InChI=1S/C21H20F3N5O/c1-13-26-17(21(22,23)24)12-18(27-13)29-10-7-15(8-11-29)28-20(30)19-16-5-3-2-4-14(16)6-9-25-19/h2-6,9,12,15H,7-8,10-11H2,1H3,(H,28,30). The molecule has 3 heterocycles. The summed E-state index contributed by atoms with van der Waals surface area (Å²) in [6.45, 7) is 2.42. The number of amides is 1. The van der Waals surface area contributed by atoms with Gasteiger partial charge in [-0.3, -0.25) is 9.78 Å². The molecule has 1 N–H and O–H groups in total. The maximum atomic E-state index is 13.0. The fourth-order valence-corrected chi connectivity index (χ4v) is 3.67. The molecule has 0 atom stereocenters. The minimum atomic E-state index is -4.51. The van der Waals surface area contributed by atoms with Crippen LogP contribution >= 0.6 is 0 Å². The lowest BCUT2D eigenvalue weighted by molar-refractivity contribution is -0.141. The Hall–Kier alpha value is -3.23. The molecule has 6 nitrogen and oxygen atoms in total. The zero-order valence-electron chi connectivity index (χ0n) is 16.3. The molecule has 4 rings (SSSR count). The summed E-state index contributed by atoms with van der Waals surface area (Å²) in [7, 11) is 0. The van der Waals surface area contributed by atoms with Crippen LogP contribution in [0.4, 0.5) is 19.0 Å². The van der Waals surface area contributed by atoms with Crippen molar-refractivity contribution in [2.45, 2.75) is 32.0 Å². The first-order valence-corrected chi connectivity index (χ1v) is 9.64. The Morgan fingerprint density at radius 2 is 1.87 bits per heavy atom. The molecule has 156 valence electrons. The Morgan fingerprint density at radius 1 is 1.13 bits per heavy atom. The van der Waals surface area contributed by atoms with Crippen molar-refractivity contribution in [1.82, 2.24) is 20.3 Å². The molecule has 1 aliphatic heterocycles. The molecule has 1 aromatic carbocycles. The molecule has 0 unspecified atom stereocenters. The third-order valence-corrected chi connectivity index (χ3v) is 5.16. The van der Waals surface area contributed by atoms with Crippen molar-refractivity contribution < 1.29 is 18.0 Å². The fourth-order valence-electron chi connectivity index (χ4n) is 3.67. The molecule has 1 aliphatic rings. The molecule has 3 aromatic rings. The van der Waals surface area contributed by atoms with Gasteiger partial charge in [0.05, 0.1) is 0 Å². The molecular formula is C21H20F3N5O. The Balaban J connectivity index is 1.43. The number of fused-ring (bicyclic) bond motifs is 1. The minimum Gasteiger partial charge on any atom is -0.356 e. The number of hydrogen-bond acceptors (Lipinski definition) is 5. The number of piperidine rings is 1. The minimum absolute atomic E-state index is 0.0808. The molecule has 0 bridgehead atoms. The van der Waals surface area contributed by atoms with E-state index in [1.807, 2.05) is 30.3 Å². The van der Waals surface area contributed by atoms with Gasteiger partial charge >= 0.3 is 6.18 Å². The van der Waals surface area contributed by atoms with Crippen LogP contribution in [0, 0.1) is 6.92 Å². The first kappa shape index (κ1) is 20.1. The van der Waals surface area contributed by atoms with Crippen LogP contribution in [0.1, 0.15) is 34.8 Å². The highest BCUT2D eigenvalue weighted by atomic mass is 19.4. The number of anilines is 1. The van der Waals surface area contributed by atoms with Gasteiger partial charge in [-0.15, -0.1) is 0 Å². The van der Waals surface area contributed by atoms with Crippen LogP contribution in [0.5, 0.6) is 0 Å². The predicted molar refractivity (Wildman–Crippen MR) is 106 cm³/mol. The van der Waals surface area contributed by atoms with E-state index in [1.165, 1.54) is 6.92 Å². The molecular weight excluding hydrogens is 395 g/mol. The third-order valence-electron chi connectivity index (χ3n) is 5.16. The topological polar surface area (TPSA) is 71.0 Å². The molecule has 0 aliphatic carbocycles. The average Bonchev–Trinajstić information content (AvgIpc) is 2.73. The van der Waals surface area contributed by atoms with Gasteiger partial charge in [-0.1, -0.05) is 24.3 Å². The first-order valence-electron chi connectivity index (χ1n) is 9.64. The van der Waals surface area contributed by atoms with Gasteiger partial charge in [0.1, 0.15) is 23.0 Å². The number of pyridine rings is 1. The fraction of sp³-hybridized carbons (Fsp3) is 0.333. The van der Waals surface area contributed by atoms with Crippen molar-refractivity contribution in [2.24, 2.45) is 0 Å². The number of halogens is 3. The van der Waals surface area contributed by atoms with Crippen LogP contribution < -0.4 is 10.2 Å². The Morgan fingerprint density at radius 3 is 2.60 bits per heavy atom. The van der Waals surface area contributed by atoms with Crippen LogP contribution in [0.2, 0.25) is 0 Å². The average molecular weight is 415 g/mol. The second kappa shape index (κ2) is 7.89. The lowest BCUT2D eigenvalue weighted by Gasteiger charge is -2.33. The number of carbonyl (C=O) groups is 1. The van der Waals surface area contributed by atoms with Crippen molar-refractivity contribution in [3.8, 4) is 0 Å². The van der Waals surface area contributed by atoms with Crippen LogP contribution in [-0.4, -0.2) is 40.0 Å². The zero-order chi connectivity index (χ0) is 21.3. The smallest absolute Gasteiger partial charge is 0.356 e. The lowest BCUT2D eigenvalue weighted by Crippen LogP contribution is -2.45. The van der Waals surface area contributed by atoms with E-state index in [0.717, 1.165) is 16.8 Å². The monoisotopic (exact) mass is 415 g/mol. The number of hydrogen-bond donors (Lipinski definition) is 1. The van der Waals surface area contributed by atoms with E-state index in [9.17, 15) is 18.0 Å². The number of rotatable bonds is 3. The van der Waals surface area contributed by atoms with Crippen molar-refractivity contribution in [2.75, 3.05) is 18.0 Å². The van der Waals surface area contributed by atoms with E-state index in [-0.39, 0.29) is 23.6 Å². The number of benzene rings is 1. The second-order valence-electron chi connectivity index (χ2n) is 7.27. The Bertz CT molecular complexity index is 1070. The first-order chi connectivity index (χ1) is 14.3. The van der Waals surface area contributed by atoms with Gasteiger partial charge in [0, 0.05) is 36.8 Å². The number of aromatic nitrogens is 3. The molecule has 2 aromatic heterocycles. The number of alkyl halides is 3. The number of aryl methyl sites for hydroxylation is 1. The molecule has 1 amide bonds. The number of carbonyl (C=O) groups excluding carboxylic acids is 1. The highest BCUT2D eigenvalue weighted by Gasteiger charge is 2.34. The maximum absolute atomic E-state index is 13.0. The van der Waals surface area contributed by atoms with Crippen molar-refractivity contribution in [1.29, 1.82) is 0 Å². The quantitative estimate of drug-likeness (QED) is 0.706. The highest BCUT2D eigenvalue weighted by molar-refractivity contribution is 6.05. The third kappa shape index (κ3) is 4.19. The van der Waals surface area contributed by atoms with E-state index < -0.39 is 11.9 Å². The van der Waals surface area contributed by atoms with Gasteiger partial charge < -0.3 is 10.2 Å². The molecule has 30 heavy (non-hydrogen) atoms. The molecule has 0 saturated carbocycles. The largest absolute Gasteiger partial charge is 0.433 e. The van der Waals surface area contributed by atoms with E-state index in [0.29, 0.717) is 31.6 Å². The second-order valence-corrected chi connectivity index (χ2v) is 7.27. The molecule has 1 saturated heterocycles. The van der Waals surface area contributed by atoms with Crippen molar-refractivity contribution in [3.63, 3.8) is 0 Å². The van der Waals surface area contributed by atoms with Crippen molar-refractivity contribution in [3.05, 3.63) is 59.8 Å². The predicted octanol–water partition coefficient (Wildman–Crippen LogP) is 3.75. The summed E-state index contributed by atoms with van der Waals surface area (Å²) in [5, 5.41) is 4.73. The van der Waals surface area contributed by atoms with Gasteiger partial charge in [0.25, 0.3) is 5.91 Å². The maximum Gasteiger partial charge on any atom is 0.433 e. The summed E-state index contributed by atoms with van der Waals surface area (Å²) in [6.07, 6.45) is -1.71. The highest BCUT2D eigenvalue weighted by Crippen LogP contribution is 2.30. The Labute approximate surface area is 171 Å². The van der Waals surface area contributed by atoms with Gasteiger partial charge in [-0.25, -0.2) is 9.97 Å². The SMILES string of the molecule is Cc1nc(N2CCC(NC(=O)c3nccc4ccccc34)CC2)cc(C(F)(F)F)n1. The summed E-state index contributed by atoms with van der Waals surface area (Å²) in [4.78, 5) is 26.4. The van der Waals surface area contributed by atoms with Gasteiger partial charge in [0.2, 0.25) is 0 Å². The molecule has 0 radical (unpaired) electrons. The summed E-state index contributed by atoms with van der Waals surface area (Å²) >= 11 is 0. The van der Waals surface area contributed by atoms with Crippen LogP contribution in [0.25, 0.3) is 10.8 Å². The molecule has 9 heteroatoms. The summed E-state index contributed by atoms with van der Waals surface area (Å²) in [6, 6.07) is 10.3. The van der Waals surface area contributed by atoms with Gasteiger partial charge in [-0.2, -0.15) is 13.2 Å². The van der Waals surface area contributed by atoms with Crippen LogP contribution in [0.15, 0.2) is 42.6 Å². The molecule has 1 fully saturated rings. The van der Waals surface area contributed by atoms with Crippen LogP contribution in [0.3, 0.4) is 0 Å². The summed E-state index contributed by atoms with van der Waals surface area (Å²) in [5.41, 5.74) is -0.570. The molecule has 0 spiro atoms. The van der Waals surface area contributed by atoms with Crippen molar-refractivity contribution >= 4 is 22.5 Å². The van der Waals surface area contributed by atoms with E-state index in [2.05, 4.69) is 20.3 Å². The number of nitrogens with one attached hydrogen (secondary N) is 1. The summed E-state index contributed by atoms with van der Waals surface area (Å²) in [5.74, 6) is 0.0927. The Kier molecular flexibility index (Phi) is 5.27. The van der Waals surface area contributed by atoms with Gasteiger partial charge in [0.15, 0.2) is 0 Å². The summed E-state index contributed by atoms with van der Waals surface area (Å²) < 4.78 is 39.1. The zero-order valence-corrected chi connectivity index (χ0v) is 16.3. The van der Waals surface area contributed by atoms with E-state index in [1.54, 1.807) is 11.1 Å². The van der Waals surface area contributed by atoms with E-state index in [4.69, 9.17) is 0 Å². The van der Waals surface area contributed by atoms with Crippen LogP contribution in [-0.2, 0) is 6.18 Å². The lowest BCUT2D eigenvalue weighted by atomic mass is 10.0.